The first-order chi connectivity index (χ1) is 6.79. The van der Waals surface area contributed by atoms with Crippen LogP contribution in [-0.2, 0) is 0 Å². The van der Waals surface area contributed by atoms with Crippen molar-refractivity contribution in [1.29, 1.82) is 5.26 Å². The number of hydrogen-bond acceptors (Lipinski definition) is 5. The largest absolute Gasteiger partial charge is 0.234 e. The number of nitriles is 1. The van der Waals surface area contributed by atoms with E-state index in [1.54, 1.807) is 19.1 Å². The maximum Gasteiger partial charge on any atom is 0.176 e. The van der Waals surface area contributed by atoms with Crippen LogP contribution >= 0.6 is 0 Å². The minimum atomic E-state index is 0.505. The molecule has 0 saturated heterocycles. The summed E-state index contributed by atoms with van der Waals surface area (Å²) in [5, 5.41) is 20.0. The molecule has 2 aromatic rings. The number of hydrogen-bond donors (Lipinski definition) is 0. The van der Waals surface area contributed by atoms with E-state index >= 15 is 0 Å². The molecule has 0 aliphatic heterocycles. The average Bonchev–Trinajstić information content (AvgIpc) is 2.65. The Kier molecular flexibility index (Phi) is 1.91. The van der Waals surface area contributed by atoms with Crippen LogP contribution in [0.2, 0.25) is 0 Å². The Bertz CT molecular complexity index is 477. The lowest BCUT2D eigenvalue weighted by molar-refractivity contribution is 0.699. The Morgan fingerprint density at radius 1 is 1.43 bits per heavy atom. The predicted octanol–water partition coefficient (Wildman–Crippen LogP) is 0.237. The van der Waals surface area contributed by atoms with Crippen LogP contribution in [0.3, 0.4) is 0 Å². The van der Waals surface area contributed by atoms with Crippen LogP contribution in [-0.4, -0.2) is 25.2 Å². The van der Waals surface area contributed by atoms with Gasteiger partial charge in [0.15, 0.2) is 11.6 Å². The van der Waals surface area contributed by atoms with E-state index in [1.807, 2.05) is 6.07 Å². The third-order valence-electron chi connectivity index (χ3n) is 1.60. The van der Waals surface area contributed by atoms with E-state index in [-0.39, 0.29) is 0 Å². The topological polar surface area (TPSA) is 80.3 Å². The molecule has 0 aliphatic rings. The summed E-state index contributed by atoms with van der Waals surface area (Å²) in [5.41, 5.74) is 0.505. The van der Waals surface area contributed by atoms with Gasteiger partial charge >= 0.3 is 0 Å². The lowest BCUT2D eigenvalue weighted by Gasteiger charge is -1.95. The second-order valence-corrected chi connectivity index (χ2v) is 2.64. The zero-order valence-electron chi connectivity index (χ0n) is 7.42. The van der Waals surface area contributed by atoms with Gasteiger partial charge in [-0.3, -0.25) is 0 Å². The summed E-state index contributed by atoms with van der Waals surface area (Å²) in [6.07, 6.45) is 1.47. The fourth-order valence-electron chi connectivity index (χ4n) is 0.952. The van der Waals surface area contributed by atoms with E-state index in [1.165, 1.54) is 11.0 Å². The van der Waals surface area contributed by atoms with Crippen molar-refractivity contribution in [3.63, 3.8) is 0 Å². The summed E-state index contributed by atoms with van der Waals surface area (Å²) in [6.45, 7) is 1.74. The summed E-state index contributed by atoms with van der Waals surface area (Å²) in [4.78, 5) is 5.32. The smallest absolute Gasteiger partial charge is 0.176 e. The second kappa shape index (κ2) is 3.22. The van der Waals surface area contributed by atoms with Gasteiger partial charge in [0.05, 0.1) is 5.56 Å². The molecule has 0 radical (unpaired) electrons. The molecule has 0 amide bonds. The lowest BCUT2D eigenvalue weighted by Crippen LogP contribution is -2.01. The Labute approximate surface area is 79.8 Å². The Hall–Kier alpha value is -2.29. The molecule has 0 spiro atoms. The second-order valence-electron chi connectivity index (χ2n) is 2.64. The summed E-state index contributed by atoms with van der Waals surface area (Å²) in [6, 6.07) is 5.30. The highest BCUT2D eigenvalue weighted by Crippen LogP contribution is 2.01. The van der Waals surface area contributed by atoms with Gasteiger partial charge in [-0.25, -0.2) is 4.98 Å². The molecule has 0 N–H and O–H groups in total. The third kappa shape index (κ3) is 1.43. The molecule has 0 unspecified atom stereocenters. The third-order valence-corrected chi connectivity index (χ3v) is 1.60. The average molecular weight is 186 g/mol. The van der Waals surface area contributed by atoms with Crippen molar-refractivity contribution >= 4 is 0 Å². The number of aromatic nitrogens is 5. The van der Waals surface area contributed by atoms with Gasteiger partial charge in [-0.05, 0) is 24.3 Å². The first-order valence-electron chi connectivity index (χ1n) is 3.93. The first-order valence-corrected chi connectivity index (χ1v) is 3.93. The molecule has 2 aromatic heterocycles. The van der Waals surface area contributed by atoms with Crippen molar-refractivity contribution in [2.45, 2.75) is 6.92 Å². The molecule has 6 heteroatoms. The predicted molar refractivity (Wildman–Crippen MR) is 46.4 cm³/mol. The lowest BCUT2D eigenvalue weighted by atomic mass is 10.3. The van der Waals surface area contributed by atoms with Gasteiger partial charge in [0, 0.05) is 6.20 Å². The Balaban J connectivity index is 2.39. The molecule has 6 nitrogen and oxygen atoms in total. The SMILES string of the molecule is Cc1nnn(-c2ccc(C#N)cn2)n1. The maximum absolute atomic E-state index is 8.56. The molecule has 2 rings (SSSR count). The molecular weight excluding hydrogens is 180 g/mol. The molecule has 0 saturated carbocycles. The van der Waals surface area contributed by atoms with E-state index in [0.29, 0.717) is 17.2 Å². The van der Waals surface area contributed by atoms with Gasteiger partial charge in [0.25, 0.3) is 0 Å². The van der Waals surface area contributed by atoms with Gasteiger partial charge in [0.1, 0.15) is 6.07 Å². The molecule has 68 valence electrons. The van der Waals surface area contributed by atoms with Crippen LogP contribution in [0.25, 0.3) is 5.82 Å². The number of aryl methyl sites for hydroxylation is 1. The van der Waals surface area contributed by atoms with Crippen molar-refractivity contribution in [2.75, 3.05) is 0 Å². The first kappa shape index (κ1) is 8.31. The molecule has 0 bridgehead atoms. The molecule has 0 aromatic carbocycles. The number of pyridine rings is 1. The highest BCUT2D eigenvalue weighted by molar-refractivity contribution is 5.30. The zero-order chi connectivity index (χ0) is 9.97. The number of tetrazole rings is 1. The van der Waals surface area contributed by atoms with E-state index < -0.39 is 0 Å². The maximum atomic E-state index is 8.56. The number of nitrogens with zero attached hydrogens (tertiary/aromatic N) is 6. The molecule has 0 aliphatic carbocycles. The molecule has 0 fully saturated rings. The molecular formula is C8H6N6. The van der Waals surface area contributed by atoms with Gasteiger partial charge < -0.3 is 0 Å². The van der Waals surface area contributed by atoms with Gasteiger partial charge in [-0.2, -0.15) is 5.26 Å². The van der Waals surface area contributed by atoms with Gasteiger partial charge in [-0.1, -0.05) is 0 Å². The van der Waals surface area contributed by atoms with Crippen molar-refractivity contribution < 1.29 is 0 Å². The standard InChI is InChI=1S/C8H6N6/c1-6-11-13-14(12-6)8-3-2-7(4-9)5-10-8/h2-3,5H,1H3. The van der Waals surface area contributed by atoms with Crippen LogP contribution in [0.4, 0.5) is 0 Å². The van der Waals surface area contributed by atoms with Crippen LogP contribution in [0.5, 0.6) is 0 Å². The number of rotatable bonds is 1. The highest BCUT2D eigenvalue weighted by Gasteiger charge is 2.01. The molecule has 14 heavy (non-hydrogen) atoms. The van der Waals surface area contributed by atoms with Gasteiger partial charge in [-0.15, -0.1) is 15.0 Å². The normalized spacial score (nSPS) is 9.71. The van der Waals surface area contributed by atoms with Crippen LogP contribution in [0, 0.1) is 18.3 Å². The minimum Gasteiger partial charge on any atom is -0.234 e. The zero-order valence-corrected chi connectivity index (χ0v) is 7.42. The Morgan fingerprint density at radius 2 is 2.29 bits per heavy atom. The quantitative estimate of drug-likeness (QED) is 0.637. The van der Waals surface area contributed by atoms with Crippen LogP contribution in [0.15, 0.2) is 18.3 Å². The summed E-state index contributed by atoms with van der Waals surface area (Å²) >= 11 is 0. The van der Waals surface area contributed by atoms with E-state index in [2.05, 4.69) is 20.4 Å². The van der Waals surface area contributed by atoms with E-state index in [4.69, 9.17) is 5.26 Å². The fourth-order valence-corrected chi connectivity index (χ4v) is 0.952. The molecule has 2 heterocycles. The van der Waals surface area contributed by atoms with Crippen LogP contribution in [0.1, 0.15) is 11.4 Å². The summed E-state index contributed by atoms with van der Waals surface area (Å²) < 4.78 is 0. The van der Waals surface area contributed by atoms with Crippen molar-refractivity contribution in [1.82, 2.24) is 25.2 Å². The highest BCUT2D eigenvalue weighted by atomic mass is 15.6. The monoisotopic (exact) mass is 186 g/mol. The molecule has 0 atom stereocenters. The Morgan fingerprint density at radius 3 is 2.79 bits per heavy atom. The minimum absolute atomic E-state index is 0.505. The van der Waals surface area contributed by atoms with Crippen molar-refractivity contribution in [3.05, 3.63) is 29.7 Å². The summed E-state index contributed by atoms with van der Waals surface area (Å²) in [7, 11) is 0. The van der Waals surface area contributed by atoms with Gasteiger partial charge in [0.2, 0.25) is 0 Å². The van der Waals surface area contributed by atoms with E-state index in [0.717, 1.165) is 0 Å². The van der Waals surface area contributed by atoms with Crippen molar-refractivity contribution in [2.24, 2.45) is 0 Å². The van der Waals surface area contributed by atoms with Crippen molar-refractivity contribution in [3.8, 4) is 11.9 Å². The fraction of sp³-hybridized carbons (Fsp3) is 0.125. The summed E-state index contributed by atoms with van der Waals surface area (Å²) in [5.74, 6) is 1.13. The van der Waals surface area contributed by atoms with Crippen LogP contribution < -0.4 is 0 Å². The van der Waals surface area contributed by atoms with E-state index in [9.17, 15) is 0 Å².